The predicted octanol–water partition coefficient (Wildman–Crippen LogP) is 1.71. The van der Waals surface area contributed by atoms with Gasteiger partial charge in [0.2, 0.25) is 15.9 Å². The molecule has 1 N–H and O–H groups in total. The Hall–Kier alpha value is -2.42. The fourth-order valence-corrected chi connectivity index (χ4v) is 4.75. The Bertz CT molecular complexity index is 909. The molecule has 1 heterocycles. The Morgan fingerprint density at radius 2 is 1.66 bits per heavy atom. The Morgan fingerprint density at radius 3 is 2.24 bits per heavy atom. The molecule has 0 radical (unpaired) electrons. The lowest BCUT2D eigenvalue weighted by Gasteiger charge is -2.36. The average molecular weight is 418 g/mol. The van der Waals surface area contributed by atoms with Crippen LogP contribution in [-0.4, -0.2) is 62.9 Å². The number of carbonyl (C=O) groups is 1. The SMILES string of the molecule is COc1ccc(S(=O)(=O)N2CCN([C@H](C)C(=O)NCc3ccccc3)CC2)cc1. The summed E-state index contributed by atoms with van der Waals surface area (Å²) in [7, 11) is -2.01. The average Bonchev–Trinajstić information content (AvgIpc) is 2.77. The lowest BCUT2D eigenvalue weighted by Crippen LogP contribution is -2.54. The van der Waals surface area contributed by atoms with Gasteiger partial charge in [0.15, 0.2) is 0 Å². The highest BCUT2D eigenvalue weighted by Gasteiger charge is 2.31. The minimum Gasteiger partial charge on any atom is -0.497 e. The molecule has 1 aliphatic rings. The molecule has 156 valence electrons. The second-order valence-corrected chi connectivity index (χ2v) is 8.93. The van der Waals surface area contributed by atoms with Crippen molar-refractivity contribution in [1.29, 1.82) is 0 Å². The van der Waals surface area contributed by atoms with Gasteiger partial charge in [0.05, 0.1) is 18.0 Å². The smallest absolute Gasteiger partial charge is 0.243 e. The van der Waals surface area contributed by atoms with Crippen LogP contribution in [0.15, 0.2) is 59.5 Å². The Kier molecular flexibility index (Phi) is 6.89. The van der Waals surface area contributed by atoms with Gasteiger partial charge in [-0.3, -0.25) is 9.69 Å². The molecule has 1 saturated heterocycles. The Balaban J connectivity index is 1.54. The van der Waals surface area contributed by atoms with Crippen LogP contribution in [0.5, 0.6) is 5.75 Å². The van der Waals surface area contributed by atoms with E-state index in [-0.39, 0.29) is 16.8 Å². The summed E-state index contributed by atoms with van der Waals surface area (Å²) in [6.45, 7) is 4.06. The predicted molar refractivity (Wildman–Crippen MR) is 111 cm³/mol. The molecule has 3 rings (SSSR count). The number of carbonyl (C=O) groups excluding carboxylic acids is 1. The maximum atomic E-state index is 12.8. The number of sulfonamides is 1. The molecule has 0 unspecified atom stereocenters. The maximum absolute atomic E-state index is 12.8. The number of nitrogens with one attached hydrogen (secondary N) is 1. The number of amides is 1. The van der Waals surface area contributed by atoms with Gasteiger partial charge in [-0.15, -0.1) is 0 Å². The van der Waals surface area contributed by atoms with Gasteiger partial charge in [-0.25, -0.2) is 8.42 Å². The molecule has 7 nitrogen and oxygen atoms in total. The zero-order valence-electron chi connectivity index (χ0n) is 16.7. The van der Waals surface area contributed by atoms with Gasteiger partial charge in [0, 0.05) is 32.7 Å². The van der Waals surface area contributed by atoms with Crippen molar-refractivity contribution in [1.82, 2.24) is 14.5 Å². The van der Waals surface area contributed by atoms with Crippen LogP contribution in [0.1, 0.15) is 12.5 Å². The van der Waals surface area contributed by atoms with Crippen molar-refractivity contribution in [2.24, 2.45) is 0 Å². The number of hydrogen-bond donors (Lipinski definition) is 1. The number of hydrogen-bond acceptors (Lipinski definition) is 5. The standard InChI is InChI=1S/C21H27N3O4S/c1-17(21(25)22-16-18-6-4-3-5-7-18)23-12-14-24(15-13-23)29(26,27)20-10-8-19(28-2)9-11-20/h3-11,17H,12-16H2,1-2H3,(H,22,25)/t17-/m1/s1. The van der Waals surface area contributed by atoms with Crippen molar-refractivity contribution in [3.63, 3.8) is 0 Å². The van der Waals surface area contributed by atoms with Gasteiger partial charge in [-0.2, -0.15) is 4.31 Å². The molecule has 1 amide bonds. The summed E-state index contributed by atoms with van der Waals surface area (Å²) in [4.78, 5) is 14.7. The summed E-state index contributed by atoms with van der Waals surface area (Å²) < 4.78 is 32.2. The van der Waals surface area contributed by atoms with E-state index in [1.165, 1.54) is 4.31 Å². The van der Waals surface area contributed by atoms with Crippen molar-refractivity contribution in [3.05, 3.63) is 60.2 Å². The third-order valence-electron chi connectivity index (χ3n) is 5.21. The summed E-state index contributed by atoms with van der Waals surface area (Å²) in [5.74, 6) is 0.560. The lowest BCUT2D eigenvalue weighted by atomic mass is 10.2. The van der Waals surface area contributed by atoms with Crippen LogP contribution >= 0.6 is 0 Å². The molecule has 1 aliphatic heterocycles. The van der Waals surface area contributed by atoms with Gasteiger partial charge in [-0.1, -0.05) is 30.3 Å². The minimum atomic E-state index is -3.55. The summed E-state index contributed by atoms with van der Waals surface area (Å²) >= 11 is 0. The highest BCUT2D eigenvalue weighted by atomic mass is 32.2. The van der Waals surface area contributed by atoms with Crippen LogP contribution in [0, 0.1) is 0 Å². The second-order valence-electron chi connectivity index (χ2n) is 6.99. The van der Waals surface area contributed by atoms with Crippen molar-refractivity contribution >= 4 is 15.9 Å². The zero-order chi connectivity index (χ0) is 20.9. The van der Waals surface area contributed by atoms with E-state index in [1.54, 1.807) is 31.4 Å². The highest BCUT2D eigenvalue weighted by molar-refractivity contribution is 7.89. The fraction of sp³-hybridized carbons (Fsp3) is 0.381. The number of rotatable bonds is 7. The fourth-order valence-electron chi connectivity index (χ4n) is 3.33. The first-order valence-corrected chi connectivity index (χ1v) is 11.1. The highest BCUT2D eigenvalue weighted by Crippen LogP contribution is 2.21. The number of methoxy groups -OCH3 is 1. The number of piperazine rings is 1. The molecule has 0 saturated carbocycles. The zero-order valence-corrected chi connectivity index (χ0v) is 17.6. The van der Waals surface area contributed by atoms with E-state index in [4.69, 9.17) is 4.74 Å². The van der Waals surface area contributed by atoms with Crippen molar-refractivity contribution < 1.29 is 17.9 Å². The van der Waals surface area contributed by atoms with Gasteiger partial charge < -0.3 is 10.1 Å². The van der Waals surface area contributed by atoms with Gasteiger partial charge in [0.25, 0.3) is 0 Å². The molecule has 29 heavy (non-hydrogen) atoms. The van der Waals surface area contributed by atoms with E-state index >= 15 is 0 Å². The van der Waals surface area contributed by atoms with Crippen LogP contribution < -0.4 is 10.1 Å². The molecular weight excluding hydrogens is 390 g/mol. The molecule has 0 bridgehead atoms. The van der Waals surface area contributed by atoms with E-state index in [2.05, 4.69) is 5.32 Å². The van der Waals surface area contributed by atoms with Crippen LogP contribution in [0.25, 0.3) is 0 Å². The van der Waals surface area contributed by atoms with E-state index in [0.717, 1.165) is 5.56 Å². The molecular formula is C21H27N3O4S. The van der Waals surface area contributed by atoms with Gasteiger partial charge in [0.1, 0.15) is 5.75 Å². The molecule has 2 aromatic rings. The number of nitrogens with zero attached hydrogens (tertiary/aromatic N) is 2. The second kappa shape index (κ2) is 9.39. The van der Waals surface area contributed by atoms with Crippen molar-refractivity contribution in [2.45, 2.75) is 24.4 Å². The molecule has 1 atom stereocenters. The third kappa shape index (κ3) is 5.14. The summed E-state index contributed by atoms with van der Waals surface area (Å²) in [6.07, 6.45) is 0. The summed E-state index contributed by atoms with van der Waals surface area (Å²) in [6, 6.07) is 15.8. The Morgan fingerprint density at radius 1 is 1.03 bits per heavy atom. The first-order valence-electron chi connectivity index (χ1n) is 9.61. The first kappa shape index (κ1) is 21.3. The lowest BCUT2D eigenvalue weighted by molar-refractivity contribution is -0.126. The monoisotopic (exact) mass is 417 g/mol. The third-order valence-corrected chi connectivity index (χ3v) is 7.12. The quantitative estimate of drug-likeness (QED) is 0.742. The number of ether oxygens (including phenoxy) is 1. The molecule has 2 aromatic carbocycles. The molecule has 0 aromatic heterocycles. The molecule has 0 aliphatic carbocycles. The largest absolute Gasteiger partial charge is 0.497 e. The first-order chi connectivity index (χ1) is 13.9. The molecule has 0 spiro atoms. The van der Waals surface area contributed by atoms with Crippen LogP contribution in [0.4, 0.5) is 0 Å². The van der Waals surface area contributed by atoms with E-state index < -0.39 is 10.0 Å². The number of benzene rings is 2. The normalized spacial score (nSPS) is 16.9. The molecule has 1 fully saturated rings. The summed E-state index contributed by atoms with van der Waals surface area (Å²) in [5.41, 5.74) is 1.04. The Labute approximate surface area is 172 Å². The van der Waals surface area contributed by atoms with Crippen LogP contribution in [-0.2, 0) is 21.4 Å². The van der Waals surface area contributed by atoms with E-state index in [0.29, 0.717) is 38.5 Å². The van der Waals surface area contributed by atoms with E-state index in [9.17, 15) is 13.2 Å². The summed E-state index contributed by atoms with van der Waals surface area (Å²) in [5, 5.41) is 2.95. The van der Waals surface area contributed by atoms with Crippen LogP contribution in [0.2, 0.25) is 0 Å². The van der Waals surface area contributed by atoms with E-state index in [1.807, 2.05) is 42.2 Å². The molecule has 8 heteroatoms. The van der Waals surface area contributed by atoms with Gasteiger partial charge in [-0.05, 0) is 36.8 Å². The topological polar surface area (TPSA) is 79.0 Å². The van der Waals surface area contributed by atoms with Crippen molar-refractivity contribution in [3.8, 4) is 5.75 Å². The van der Waals surface area contributed by atoms with Crippen LogP contribution in [0.3, 0.4) is 0 Å². The van der Waals surface area contributed by atoms with Gasteiger partial charge >= 0.3 is 0 Å². The minimum absolute atomic E-state index is 0.0553. The maximum Gasteiger partial charge on any atom is 0.243 e. The van der Waals surface area contributed by atoms with Crippen molar-refractivity contribution in [2.75, 3.05) is 33.3 Å².